The molecule has 11 heteroatoms. The summed E-state index contributed by atoms with van der Waals surface area (Å²) in [5.41, 5.74) is 3.82. The molecular weight excluding hydrogens is 713 g/mol. The topological polar surface area (TPSA) is 104 Å². The number of methoxy groups -OCH3 is 2. The molecule has 5 rings (SSSR count). The molecular formula is C44H58N2O8Si. The summed E-state index contributed by atoms with van der Waals surface area (Å²) in [5, 5.41) is 0. The van der Waals surface area contributed by atoms with Crippen LogP contribution in [0.25, 0.3) is 0 Å². The Balaban J connectivity index is 1.67. The zero-order valence-electron chi connectivity index (χ0n) is 33.8. The summed E-state index contributed by atoms with van der Waals surface area (Å²) >= 11 is 0. The van der Waals surface area contributed by atoms with Crippen molar-refractivity contribution in [2.24, 2.45) is 5.92 Å². The number of fused-ring (bicyclic) bond motifs is 2. The monoisotopic (exact) mass is 770 g/mol. The number of hydrogen-bond acceptors (Lipinski definition) is 8. The first-order chi connectivity index (χ1) is 26.4. The molecule has 2 bridgehead atoms. The lowest BCUT2D eigenvalue weighted by molar-refractivity contribution is -0.153. The van der Waals surface area contributed by atoms with E-state index in [2.05, 4.69) is 48.1 Å². The van der Waals surface area contributed by atoms with Gasteiger partial charge in [-0.15, -0.1) is 6.58 Å². The Bertz CT molecular complexity index is 1780. The van der Waals surface area contributed by atoms with Crippen LogP contribution in [0.2, 0.25) is 16.6 Å². The summed E-state index contributed by atoms with van der Waals surface area (Å²) in [7, 11) is 0.638. The lowest BCUT2D eigenvalue weighted by Crippen LogP contribution is -2.66. The van der Waals surface area contributed by atoms with Crippen LogP contribution in [-0.2, 0) is 32.0 Å². The van der Waals surface area contributed by atoms with Gasteiger partial charge in [0.2, 0.25) is 5.91 Å². The molecule has 2 aliphatic heterocycles. The molecule has 3 aromatic carbocycles. The van der Waals surface area contributed by atoms with Crippen molar-refractivity contribution in [1.29, 1.82) is 0 Å². The average Bonchev–Trinajstić information content (AvgIpc) is 3.51. The fraction of sp³-hybridized carbons (Fsp3) is 0.477. The van der Waals surface area contributed by atoms with Crippen molar-refractivity contribution in [2.75, 3.05) is 20.8 Å². The van der Waals surface area contributed by atoms with Gasteiger partial charge >= 0.3 is 6.09 Å². The number of benzene rings is 3. The highest BCUT2D eigenvalue weighted by molar-refractivity contribution is 6.77. The average molecular weight is 771 g/mol. The minimum absolute atomic E-state index is 0.0336. The minimum atomic E-state index is -2.53. The maximum Gasteiger partial charge on any atom is 0.411 e. The van der Waals surface area contributed by atoms with Gasteiger partial charge in [0.1, 0.15) is 37.3 Å². The molecule has 2 aliphatic rings. The molecule has 0 aromatic heterocycles. The van der Waals surface area contributed by atoms with E-state index in [0.717, 1.165) is 23.0 Å². The molecule has 0 spiro atoms. The van der Waals surface area contributed by atoms with Crippen LogP contribution in [0.1, 0.15) is 76.3 Å². The Labute approximate surface area is 327 Å². The van der Waals surface area contributed by atoms with E-state index in [4.69, 9.17) is 23.4 Å². The van der Waals surface area contributed by atoms with Crippen LogP contribution in [0, 0.1) is 12.8 Å². The first kappa shape index (κ1) is 41.5. The van der Waals surface area contributed by atoms with Crippen LogP contribution in [0.4, 0.5) is 4.79 Å². The zero-order chi connectivity index (χ0) is 40.0. The van der Waals surface area contributed by atoms with Crippen molar-refractivity contribution in [3.05, 3.63) is 102 Å². The lowest BCUT2D eigenvalue weighted by atomic mass is 9.92. The molecule has 2 amide bonds. The number of carbonyl (C=O) groups excluding carboxylic acids is 3. The lowest BCUT2D eigenvalue weighted by Gasteiger charge is -2.49. The summed E-state index contributed by atoms with van der Waals surface area (Å²) < 4.78 is 31.7. The molecule has 2 heterocycles. The molecule has 2 fully saturated rings. The maximum absolute atomic E-state index is 15.1. The van der Waals surface area contributed by atoms with E-state index in [1.54, 1.807) is 25.2 Å². The Kier molecular flexibility index (Phi) is 13.5. The summed E-state index contributed by atoms with van der Waals surface area (Å²) in [6.07, 6.45) is 2.17. The SMILES string of the molecule is C=C[C@@H]1C[C@H]2C(=O)N([C@@H](CO[Si](C(C)C)(C(C)C)C(C)C)c3cc(OC)c(C)c(OC)c3OCc3ccccc3)[C@@H](C=O)[C@@H]1N2C(=O)OCc1ccccc1. The molecule has 296 valence electrons. The largest absolute Gasteiger partial charge is 0.496 e. The van der Waals surface area contributed by atoms with Crippen LogP contribution in [0.3, 0.4) is 0 Å². The highest BCUT2D eigenvalue weighted by Gasteiger charge is 2.59. The summed E-state index contributed by atoms with van der Waals surface area (Å²) in [6.45, 7) is 19.6. The smallest absolute Gasteiger partial charge is 0.411 e. The van der Waals surface area contributed by atoms with Crippen molar-refractivity contribution in [2.45, 2.75) is 109 Å². The molecule has 0 unspecified atom stereocenters. The van der Waals surface area contributed by atoms with E-state index in [9.17, 15) is 9.59 Å². The Morgan fingerprint density at radius 1 is 0.891 bits per heavy atom. The number of carbonyl (C=O) groups is 3. The van der Waals surface area contributed by atoms with E-state index in [1.807, 2.05) is 73.7 Å². The van der Waals surface area contributed by atoms with Crippen LogP contribution in [0.15, 0.2) is 79.4 Å². The molecule has 0 radical (unpaired) electrons. The number of amides is 2. The highest BCUT2D eigenvalue weighted by Crippen LogP contribution is 2.50. The van der Waals surface area contributed by atoms with Crippen molar-refractivity contribution in [1.82, 2.24) is 9.80 Å². The molecule has 5 atom stereocenters. The van der Waals surface area contributed by atoms with Gasteiger partial charge in [0, 0.05) is 17.0 Å². The van der Waals surface area contributed by atoms with E-state index < -0.39 is 38.6 Å². The number of likely N-dealkylation sites (tertiary alicyclic amines) is 1. The summed E-state index contributed by atoms with van der Waals surface area (Å²) in [5.74, 6) is 0.710. The number of piperazine rings is 1. The van der Waals surface area contributed by atoms with E-state index in [0.29, 0.717) is 29.2 Å². The van der Waals surface area contributed by atoms with Crippen molar-refractivity contribution >= 4 is 26.6 Å². The molecule has 3 aromatic rings. The molecule has 0 aliphatic carbocycles. The van der Waals surface area contributed by atoms with Crippen LogP contribution in [-0.4, -0.2) is 75.4 Å². The number of ether oxygens (including phenoxy) is 4. The second-order valence-electron chi connectivity index (χ2n) is 15.5. The number of rotatable bonds is 17. The number of aldehydes is 1. The maximum atomic E-state index is 15.1. The first-order valence-corrected chi connectivity index (χ1v) is 21.4. The van der Waals surface area contributed by atoms with Crippen LogP contribution < -0.4 is 14.2 Å². The predicted octanol–water partition coefficient (Wildman–Crippen LogP) is 8.82. The summed E-state index contributed by atoms with van der Waals surface area (Å²) in [4.78, 5) is 45.7. The fourth-order valence-electron chi connectivity index (χ4n) is 9.19. The van der Waals surface area contributed by atoms with E-state index in [-0.39, 0.29) is 48.3 Å². The molecule has 0 saturated carbocycles. The second kappa shape index (κ2) is 17.9. The van der Waals surface area contributed by atoms with E-state index in [1.165, 1.54) is 4.90 Å². The molecule has 55 heavy (non-hydrogen) atoms. The van der Waals surface area contributed by atoms with Crippen molar-refractivity contribution < 1.29 is 37.8 Å². The van der Waals surface area contributed by atoms with E-state index >= 15 is 4.79 Å². The number of nitrogens with zero attached hydrogens (tertiary/aromatic N) is 2. The molecule has 0 N–H and O–H groups in total. The van der Waals surface area contributed by atoms with Crippen LogP contribution >= 0.6 is 0 Å². The van der Waals surface area contributed by atoms with Gasteiger partial charge in [0.25, 0.3) is 0 Å². The first-order valence-electron chi connectivity index (χ1n) is 19.3. The molecule has 10 nitrogen and oxygen atoms in total. The zero-order valence-corrected chi connectivity index (χ0v) is 34.8. The van der Waals surface area contributed by atoms with Crippen molar-refractivity contribution in [3.8, 4) is 17.2 Å². The van der Waals surface area contributed by atoms with Gasteiger partial charge < -0.3 is 33.1 Å². The quantitative estimate of drug-likeness (QED) is 0.0763. The number of hydrogen-bond donors (Lipinski definition) is 0. The predicted molar refractivity (Wildman–Crippen MR) is 216 cm³/mol. The second-order valence-corrected chi connectivity index (χ2v) is 21.0. The third-order valence-corrected chi connectivity index (χ3v) is 17.7. The van der Waals surface area contributed by atoms with Gasteiger partial charge in [-0.2, -0.15) is 0 Å². The van der Waals surface area contributed by atoms with Gasteiger partial charge in [0.15, 0.2) is 19.8 Å². The standard InChI is InChI=1S/C44H58N2O8Si/c1-11-34-22-36-43(48)45(37(24-47)40(34)46(36)44(49)53-26-33-20-16-13-17-21-33)38(27-54-55(28(2)3,29(4)5)30(6)7)35-23-39(50-9)31(8)41(51-10)42(35)52-25-32-18-14-12-15-19-32/h11-21,23-24,28-30,34,36-38,40H,1,22,25-27H2,2-10H3/t34-,36+,37+,38+,40-/m1/s1. The van der Waals surface area contributed by atoms with Gasteiger partial charge in [-0.25, -0.2) is 4.79 Å². The third kappa shape index (κ3) is 8.05. The normalized spacial score (nSPS) is 20.2. The Morgan fingerprint density at radius 2 is 1.47 bits per heavy atom. The van der Waals surface area contributed by atoms with Crippen molar-refractivity contribution in [3.63, 3.8) is 0 Å². The third-order valence-electron chi connectivity index (χ3n) is 11.7. The Morgan fingerprint density at radius 3 is 1.98 bits per heavy atom. The van der Waals surface area contributed by atoms with Crippen LogP contribution in [0.5, 0.6) is 17.2 Å². The van der Waals surface area contributed by atoms with Gasteiger partial charge in [0.05, 0.1) is 32.9 Å². The molecule has 2 saturated heterocycles. The summed E-state index contributed by atoms with van der Waals surface area (Å²) in [6, 6.07) is 17.6. The highest BCUT2D eigenvalue weighted by atomic mass is 28.4. The van der Waals surface area contributed by atoms with Gasteiger partial charge in [-0.3, -0.25) is 9.69 Å². The Hall–Kier alpha value is -4.61. The fourth-order valence-corrected chi connectivity index (χ4v) is 14.6. The van der Waals surface area contributed by atoms with Gasteiger partial charge in [-0.05, 0) is 47.2 Å². The van der Waals surface area contributed by atoms with Gasteiger partial charge in [-0.1, -0.05) is 108 Å². The minimum Gasteiger partial charge on any atom is -0.496 e.